The van der Waals surface area contributed by atoms with E-state index in [1.807, 2.05) is 0 Å². The summed E-state index contributed by atoms with van der Waals surface area (Å²) in [5, 5.41) is 9.26. The largest absolute Gasteiger partial charge is 0.506 e. The second kappa shape index (κ2) is 5.20. The lowest BCUT2D eigenvalue weighted by atomic mass is 10.1. The molecule has 0 aliphatic carbocycles. The van der Waals surface area contributed by atoms with Crippen molar-refractivity contribution < 1.29 is 22.7 Å². The summed E-state index contributed by atoms with van der Waals surface area (Å²) in [4.78, 5) is 0. The fraction of sp³-hybridized carbons (Fsp3) is 0.250. The molecule has 0 amide bonds. The number of alkyl halides is 3. The van der Waals surface area contributed by atoms with Gasteiger partial charge in [-0.25, -0.2) is 4.39 Å². The van der Waals surface area contributed by atoms with Gasteiger partial charge in [-0.1, -0.05) is 0 Å². The maximum Gasteiger partial charge on any atom is 0.407 e. The molecule has 1 aromatic rings. The van der Waals surface area contributed by atoms with Crippen LogP contribution in [0.4, 0.5) is 17.6 Å². The van der Waals surface area contributed by atoms with Gasteiger partial charge in [-0.3, -0.25) is 0 Å². The molecule has 0 saturated heterocycles. The summed E-state index contributed by atoms with van der Waals surface area (Å²) in [6.45, 7) is 0. The van der Waals surface area contributed by atoms with Crippen molar-refractivity contribution in [3.8, 4) is 5.75 Å². The smallest absolute Gasteiger partial charge is 0.407 e. The number of benzene rings is 1. The predicted molar refractivity (Wildman–Crippen MR) is 56.0 cm³/mol. The Hall–Kier alpha value is -0.530. The van der Waals surface area contributed by atoms with Gasteiger partial charge in [-0.2, -0.15) is 13.2 Å². The third kappa shape index (κ3) is 3.23. The van der Waals surface area contributed by atoms with Gasteiger partial charge in [0.2, 0.25) is 0 Å². The second-order valence-corrected chi connectivity index (χ2v) is 3.70. The first-order valence-corrected chi connectivity index (χ1v) is 4.53. The number of phenols is 1. The summed E-state index contributed by atoms with van der Waals surface area (Å²) in [6, 6.07) is -1.01. The Bertz CT molecular complexity index is 385. The van der Waals surface area contributed by atoms with Crippen molar-refractivity contribution in [2.24, 2.45) is 5.73 Å². The molecule has 2 nitrogen and oxygen atoms in total. The molecular formula is C8H7BrClF4NO. The molecule has 0 heterocycles. The molecule has 0 aliphatic heterocycles. The van der Waals surface area contributed by atoms with E-state index < -0.39 is 29.3 Å². The van der Waals surface area contributed by atoms with Gasteiger partial charge >= 0.3 is 6.18 Å². The second-order valence-electron chi connectivity index (χ2n) is 2.84. The van der Waals surface area contributed by atoms with Crippen molar-refractivity contribution in [2.45, 2.75) is 12.2 Å². The first kappa shape index (κ1) is 15.5. The van der Waals surface area contributed by atoms with E-state index in [-0.39, 0.29) is 16.9 Å². The molecule has 0 aliphatic rings. The van der Waals surface area contributed by atoms with Crippen LogP contribution in [0.15, 0.2) is 16.6 Å². The summed E-state index contributed by atoms with van der Waals surface area (Å²) < 4.78 is 49.2. The maximum atomic E-state index is 12.8. The molecule has 1 aromatic carbocycles. The number of phenolic OH excluding ortho intramolecular Hbond substituents is 1. The van der Waals surface area contributed by atoms with Gasteiger partial charge in [0.1, 0.15) is 17.6 Å². The van der Waals surface area contributed by atoms with Crippen LogP contribution in [0.1, 0.15) is 11.6 Å². The fourth-order valence-electron chi connectivity index (χ4n) is 0.999. The third-order valence-electron chi connectivity index (χ3n) is 1.75. The van der Waals surface area contributed by atoms with E-state index in [1.54, 1.807) is 0 Å². The van der Waals surface area contributed by atoms with Gasteiger partial charge in [0.05, 0.1) is 4.47 Å². The first-order valence-electron chi connectivity index (χ1n) is 3.73. The molecular weight excluding hydrogens is 317 g/mol. The van der Waals surface area contributed by atoms with Gasteiger partial charge in [-0.15, -0.1) is 12.4 Å². The van der Waals surface area contributed by atoms with Crippen molar-refractivity contribution in [2.75, 3.05) is 0 Å². The number of hydrogen-bond acceptors (Lipinski definition) is 2. The molecule has 0 spiro atoms. The Morgan fingerprint density at radius 2 is 1.81 bits per heavy atom. The lowest BCUT2D eigenvalue weighted by molar-refractivity contribution is -0.149. The van der Waals surface area contributed by atoms with Gasteiger partial charge in [0.15, 0.2) is 0 Å². The zero-order chi connectivity index (χ0) is 11.8. The van der Waals surface area contributed by atoms with Crippen LogP contribution in [-0.2, 0) is 0 Å². The lowest BCUT2D eigenvalue weighted by Gasteiger charge is -2.17. The van der Waals surface area contributed by atoms with E-state index in [9.17, 15) is 22.7 Å². The number of hydrogen-bond donors (Lipinski definition) is 2. The van der Waals surface area contributed by atoms with Crippen molar-refractivity contribution in [1.82, 2.24) is 0 Å². The van der Waals surface area contributed by atoms with E-state index in [4.69, 9.17) is 5.73 Å². The van der Waals surface area contributed by atoms with E-state index >= 15 is 0 Å². The predicted octanol–water partition coefficient (Wildman–Crippen LogP) is 3.28. The minimum absolute atomic E-state index is 0. The number of nitrogens with two attached hydrogens (primary N) is 1. The highest BCUT2D eigenvalue weighted by molar-refractivity contribution is 9.10. The molecule has 0 radical (unpaired) electrons. The van der Waals surface area contributed by atoms with Crippen LogP contribution in [0.5, 0.6) is 5.75 Å². The summed E-state index contributed by atoms with van der Waals surface area (Å²) in [5.74, 6) is -1.62. The standard InChI is InChI=1S/C8H6BrF4NO.ClH/c9-5-2-3(10)1-4(6(5)15)7(14)8(11,12)13;/h1-2,7,15H,14H2;1H/t7-;/m0./s1. The quantitative estimate of drug-likeness (QED) is 0.779. The van der Waals surface area contributed by atoms with Gasteiger partial charge < -0.3 is 10.8 Å². The molecule has 3 N–H and O–H groups in total. The topological polar surface area (TPSA) is 46.2 Å². The van der Waals surface area contributed by atoms with Crippen LogP contribution in [-0.4, -0.2) is 11.3 Å². The highest BCUT2D eigenvalue weighted by atomic mass is 79.9. The molecule has 1 atom stereocenters. The highest BCUT2D eigenvalue weighted by Gasteiger charge is 2.39. The minimum Gasteiger partial charge on any atom is -0.506 e. The van der Waals surface area contributed by atoms with Crippen LogP contribution in [0.25, 0.3) is 0 Å². The zero-order valence-corrected chi connectivity index (χ0v) is 9.96. The third-order valence-corrected chi connectivity index (χ3v) is 2.35. The van der Waals surface area contributed by atoms with Crippen LogP contribution >= 0.6 is 28.3 Å². The Labute approximate surface area is 103 Å². The molecule has 0 aromatic heterocycles. The van der Waals surface area contributed by atoms with Gasteiger partial charge in [-0.05, 0) is 28.1 Å². The monoisotopic (exact) mass is 323 g/mol. The number of halogens is 6. The molecule has 1 rings (SSSR count). The Morgan fingerprint density at radius 1 is 1.31 bits per heavy atom. The van der Waals surface area contributed by atoms with Crippen LogP contribution in [0.3, 0.4) is 0 Å². The van der Waals surface area contributed by atoms with Gasteiger partial charge in [0.25, 0.3) is 0 Å². The molecule has 92 valence electrons. The number of rotatable bonds is 1. The number of aromatic hydroxyl groups is 1. The molecule has 0 unspecified atom stereocenters. The average molecular weight is 324 g/mol. The Kier molecular flexibility index (Phi) is 5.03. The molecule has 0 fully saturated rings. The molecule has 0 bridgehead atoms. The summed E-state index contributed by atoms with van der Waals surface area (Å²) in [5.41, 5.74) is 4.14. The van der Waals surface area contributed by atoms with E-state index in [0.29, 0.717) is 6.07 Å². The van der Waals surface area contributed by atoms with Crippen molar-refractivity contribution in [3.63, 3.8) is 0 Å². The Morgan fingerprint density at radius 3 is 2.25 bits per heavy atom. The molecule has 8 heteroatoms. The normalized spacial score (nSPS) is 13.1. The maximum absolute atomic E-state index is 12.8. The van der Waals surface area contributed by atoms with E-state index in [1.165, 1.54) is 0 Å². The van der Waals surface area contributed by atoms with Crippen molar-refractivity contribution >= 4 is 28.3 Å². The summed E-state index contributed by atoms with van der Waals surface area (Å²) >= 11 is 2.72. The fourth-order valence-corrected chi connectivity index (χ4v) is 1.45. The highest BCUT2D eigenvalue weighted by Crippen LogP contribution is 2.38. The van der Waals surface area contributed by atoms with Crippen molar-refractivity contribution in [3.05, 3.63) is 28.0 Å². The van der Waals surface area contributed by atoms with Crippen LogP contribution < -0.4 is 5.73 Å². The SMILES string of the molecule is Cl.N[C@@H](c1cc(F)cc(Br)c1O)C(F)(F)F. The van der Waals surface area contributed by atoms with Crippen LogP contribution in [0.2, 0.25) is 0 Å². The lowest BCUT2D eigenvalue weighted by Crippen LogP contribution is -2.28. The first-order chi connectivity index (χ1) is 6.73. The summed E-state index contributed by atoms with van der Waals surface area (Å²) in [6.07, 6.45) is -4.73. The minimum atomic E-state index is -4.73. The Balaban J connectivity index is 0.00000225. The van der Waals surface area contributed by atoms with Crippen molar-refractivity contribution in [1.29, 1.82) is 0 Å². The summed E-state index contributed by atoms with van der Waals surface area (Å²) in [7, 11) is 0. The van der Waals surface area contributed by atoms with Gasteiger partial charge in [0, 0.05) is 5.56 Å². The van der Waals surface area contributed by atoms with Crippen LogP contribution in [0, 0.1) is 5.82 Å². The zero-order valence-electron chi connectivity index (χ0n) is 7.55. The van der Waals surface area contributed by atoms with E-state index in [2.05, 4.69) is 15.9 Å². The average Bonchev–Trinajstić information content (AvgIpc) is 2.08. The molecule has 0 saturated carbocycles. The molecule has 16 heavy (non-hydrogen) atoms. The van der Waals surface area contributed by atoms with E-state index in [0.717, 1.165) is 6.07 Å².